The van der Waals surface area contributed by atoms with Crippen molar-refractivity contribution < 1.29 is 0 Å². The van der Waals surface area contributed by atoms with Crippen LogP contribution in [0.4, 0.5) is 0 Å². The van der Waals surface area contributed by atoms with Gasteiger partial charge in [-0.15, -0.1) is 0 Å². The first-order valence-corrected chi connectivity index (χ1v) is 7.61. The van der Waals surface area contributed by atoms with Crippen LogP contribution in [0.1, 0.15) is 11.1 Å². The van der Waals surface area contributed by atoms with Crippen molar-refractivity contribution in [3.8, 4) is 28.6 Å². The van der Waals surface area contributed by atoms with E-state index in [0.717, 1.165) is 40.2 Å². The predicted molar refractivity (Wildman–Crippen MR) is 93.8 cm³/mol. The van der Waals surface area contributed by atoms with Crippen LogP contribution in [-0.4, -0.2) is 24.0 Å². The van der Waals surface area contributed by atoms with Crippen molar-refractivity contribution in [2.75, 3.05) is 14.1 Å². The minimum absolute atomic E-state index is 0.719. The Hall–Kier alpha value is -2.83. The molecule has 0 radical (unpaired) electrons. The maximum Gasteiger partial charge on any atom is 0.102 e. The Morgan fingerprint density at radius 1 is 0.870 bits per heavy atom. The standard InChI is InChI=1S/C20H19N3/c1-23(2)14-18-17(13-21)19(15-9-5-3-6-10-15)22-20(18)16-11-7-4-8-12-16/h3-12,22H,14H2,1-2H3. The molecule has 1 N–H and O–H groups in total. The third kappa shape index (κ3) is 3.03. The van der Waals surface area contributed by atoms with Crippen LogP contribution in [0.5, 0.6) is 0 Å². The second kappa shape index (κ2) is 6.51. The molecule has 0 fully saturated rings. The molecule has 3 nitrogen and oxygen atoms in total. The Balaban J connectivity index is 2.23. The van der Waals surface area contributed by atoms with Crippen molar-refractivity contribution in [3.05, 3.63) is 71.8 Å². The van der Waals surface area contributed by atoms with E-state index in [-0.39, 0.29) is 0 Å². The smallest absolute Gasteiger partial charge is 0.102 e. The number of nitriles is 1. The summed E-state index contributed by atoms with van der Waals surface area (Å²) < 4.78 is 0. The molecular formula is C20H19N3. The van der Waals surface area contributed by atoms with Gasteiger partial charge in [0.2, 0.25) is 0 Å². The molecule has 0 aliphatic heterocycles. The summed E-state index contributed by atoms with van der Waals surface area (Å²) in [7, 11) is 4.04. The monoisotopic (exact) mass is 301 g/mol. The number of benzene rings is 2. The molecule has 3 aromatic rings. The SMILES string of the molecule is CN(C)Cc1c(-c2ccccc2)[nH]c(-c2ccccc2)c1C#N. The van der Waals surface area contributed by atoms with E-state index < -0.39 is 0 Å². The largest absolute Gasteiger partial charge is 0.353 e. The van der Waals surface area contributed by atoms with Crippen LogP contribution in [0.2, 0.25) is 0 Å². The van der Waals surface area contributed by atoms with Crippen LogP contribution in [0.3, 0.4) is 0 Å². The van der Waals surface area contributed by atoms with Gasteiger partial charge in [-0.1, -0.05) is 60.7 Å². The molecule has 3 heteroatoms. The summed E-state index contributed by atoms with van der Waals surface area (Å²) in [5.74, 6) is 0. The van der Waals surface area contributed by atoms with E-state index in [1.165, 1.54) is 0 Å². The lowest BCUT2D eigenvalue weighted by Gasteiger charge is -2.11. The number of aromatic nitrogens is 1. The van der Waals surface area contributed by atoms with Gasteiger partial charge in [-0.05, 0) is 25.2 Å². The molecule has 1 aromatic heterocycles. The zero-order valence-electron chi connectivity index (χ0n) is 13.4. The third-order valence-electron chi connectivity index (χ3n) is 3.81. The van der Waals surface area contributed by atoms with Crippen molar-refractivity contribution >= 4 is 0 Å². The topological polar surface area (TPSA) is 42.8 Å². The second-order valence-electron chi connectivity index (χ2n) is 5.81. The minimum Gasteiger partial charge on any atom is -0.353 e. The zero-order chi connectivity index (χ0) is 16.2. The lowest BCUT2D eigenvalue weighted by molar-refractivity contribution is 0.403. The zero-order valence-corrected chi connectivity index (χ0v) is 13.4. The summed E-state index contributed by atoms with van der Waals surface area (Å²) in [6.45, 7) is 0.719. The molecule has 0 spiro atoms. The molecule has 0 amide bonds. The molecule has 0 unspecified atom stereocenters. The minimum atomic E-state index is 0.719. The first-order valence-electron chi connectivity index (χ1n) is 7.61. The van der Waals surface area contributed by atoms with Gasteiger partial charge in [0.25, 0.3) is 0 Å². The maximum absolute atomic E-state index is 9.75. The van der Waals surface area contributed by atoms with Gasteiger partial charge in [0, 0.05) is 12.1 Å². The average molecular weight is 301 g/mol. The molecule has 3 rings (SSSR count). The highest BCUT2D eigenvalue weighted by Crippen LogP contribution is 2.34. The van der Waals surface area contributed by atoms with Crippen LogP contribution in [0, 0.1) is 11.3 Å². The van der Waals surface area contributed by atoms with Crippen molar-refractivity contribution in [2.24, 2.45) is 0 Å². The first-order chi connectivity index (χ1) is 11.2. The molecular weight excluding hydrogens is 282 g/mol. The van der Waals surface area contributed by atoms with Gasteiger partial charge in [-0.2, -0.15) is 5.26 Å². The highest BCUT2D eigenvalue weighted by Gasteiger charge is 2.19. The first kappa shape index (κ1) is 15.1. The van der Waals surface area contributed by atoms with Crippen molar-refractivity contribution in [1.29, 1.82) is 5.26 Å². The molecule has 0 saturated carbocycles. The fourth-order valence-corrected chi connectivity index (χ4v) is 2.81. The molecule has 1 heterocycles. The predicted octanol–water partition coefficient (Wildman–Crippen LogP) is 4.28. The number of hydrogen-bond donors (Lipinski definition) is 1. The summed E-state index contributed by atoms with van der Waals surface area (Å²) in [5.41, 5.74) is 5.82. The van der Waals surface area contributed by atoms with Gasteiger partial charge in [-0.25, -0.2) is 0 Å². The fraction of sp³-hybridized carbons (Fsp3) is 0.150. The van der Waals surface area contributed by atoms with Gasteiger partial charge in [-0.3, -0.25) is 0 Å². The van der Waals surface area contributed by atoms with E-state index in [0.29, 0.717) is 0 Å². The maximum atomic E-state index is 9.75. The Kier molecular flexibility index (Phi) is 4.27. The number of nitrogens with one attached hydrogen (secondary N) is 1. The summed E-state index contributed by atoms with van der Waals surface area (Å²) >= 11 is 0. The molecule has 0 bridgehead atoms. The Morgan fingerprint density at radius 2 is 1.39 bits per heavy atom. The van der Waals surface area contributed by atoms with Crippen LogP contribution in [0.15, 0.2) is 60.7 Å². The molecule has 2 aromatic carbocycles. The third-order valence-corrected chi connectivity index (χ3v) is 3.81. The molecule has 0 aliphatic rings. The quantitative estimate of drug-likeness (QED) is 0.781. The average Bonchev–Trinajstić information content (AvgIpc) is 2.94. The van der Waals surface area contributed by atoms with E-state index >= 15 is 0 Å². The van der Waals surface area contributed by atoms with Crippen molar-refractivity contribution in [1.82, 2.24) is 9.88 Å². The highest BCUT2D eigenvalue weighted by atomic mass is 15.1. The number of H-pyrrole nitrogens is 1. The van der Waals surface area contributed by atoms with E-state index in [1.54, 1.807) is 0 Å². The Labute approximate surface area is 136 Å². The summed E-state index contributed by atoms with van der Waals surface area (Å²) in [6, 6.07) is 22.6. The van der Waals surface area contributed by atoms with E-state index in [1.807, 2.05) is 62.6 Å². The summed E-state index contributed by atoms with van der Waals surface area (Å²) in [4.78, 5) is 5.58. The fourth-order valence-electron chi connectivity index (χ4n) is 2.81. The summed E-state index contributed by atoms with van der Waals surface area (Å²) in [5, 5.41) is 9.75. The molecule has 0 saturated heterocycles. The Morgan fingerprint density at radius 3 is 1.87 bits per heavy atom. The number of nitrogens with zero attached hydrogens (tertiary/aromatic N) is 2. The molecule has 0 atom stereocenters. The van der Waals surface area contributed by atoms with Crippen LogP contribution in [0.25, 0.3) is 22.5 Å². The van der Waals surface area contributed by atoms with E-state index in [2.05, 4.69) is 28.1 Å². The van der Waals surface area contributed by atoms with Gasteiger partial charge in [0.1, 0.15) is 6.07 Å². The van der Waals surface area contributed by atoms with Gasteiger partial charge >= 0.3 is 0 Å². The molecule has 114 valence electrons. The van der Waals surface area contributed by atoms with Crippen LogP contribution in [-0.2, 0) is 6.54 Å². The van der Waals surface area contributed by atoms with Gasteiger partial charge in [0.15, 0.2) is 0 Å². The van der Waals surface area contributed by atoms with Crippen LogP contribution < -0.4 is 0 Å². The number of rotatable bonds is 4. The lowest BCUT2D eigenvalue weighted by atomic mass is 10.0. The van der Waals surface area contributed by atoms with E-state index in [4.69, 9.17) is 0 Å². The van der Waals surface area contributed by atoms with Gasteiger partial charge < -0.3 is 9.88 Å². The molecule has 0 aliphatic carbocycles. The normalized spacial score (nSPS) is 10.7. The summed E-state index contributed by atoms with van der Waals surface area (Å²) in [6.07, 6.45) is 0. The van der Waals surface area contributed by atoms with Crippen molar-refractivity contribution in [3.63, 3.8) is 0 Å². The number of hydrogen-bond acceptors (Lipinski definition) is 2. The second-order valence-corrected chi connectivity index (χ2v) is 5.81. The Bertz CT molecular complexity index is 825. The highest BCUT2D eigenvalue weighted by molar-refractivity contribution is 5.78. The molecule has 23 heavy (non-hydrogen) atoms. The van der Waals surface area contributed by atoms with Gasteiger partial charge in [0.05, 0.1) is 17.0 Å². The van der Waals surface area contributed by atoms with Crippen LogP contribution >= 0.6 is 0 Å². The van der Waals surface area contributed by atoms with E-state index in [9.17, 15) is 5.26 Å². The van der Waals surface area contributed by atoms with Crippen molar-refractivity contribution in [2.45, 2.75) is 6.54 Å². The lowest BCUT2D eigenvalue weighted by Crippen LogP contribution is -2.11. The number of aromatic amines is 1.